The molecule has 5 nitrogen and oxygen atoms in total. The third-order valence-corrected chi connectivity index (χ3v) is 2.20. The van der Waals surface area contributed by atoms with Crippen molar-refractivity contribution in [2.45, 2.75) is 5.37 Å². The van der Waals surface area contributed by atoms with Crippen LogP contribution in [0.2, 0.25) is 0 Å². The predicted molar refractivity (Wildman–Crippen MR) is 40.5 cm³/mol. The van der Waals surface area contributed by atoms with E-state index >= 15 is 0 Å². The van der Waals surface area contributed by atoms with E-state index in [1.165, 1.54) is 11.8 Å². The molecule has 0 bridgehead atoms. The summed E-state index contributed by atoms with van der Waals surface area (Å²) in [4.78, 5) is 19.6. The number of carbonyl (C=O) groups excluding carboxylic acids is 1. The van der Waals surface area contributed by atoms with Crippen molar-refractivity contribution in [3.8, 4) is 0 Å². The molecule has 1 atom stereocenters. The van der Waals surface area contributed by atoms with E-state index in [9.17, 15) is 14.9 Å². The fourth-order valence-electron chi connectivity index (χ4n) is 0.721. The van der Waals surface area contributed by atoms with Gasteiger partial charge in [-0.1, -0.05) is 0 Å². The van der Waals surface area contributed by atoms with Crippen molar-refractivity contribution in [1.29, 1.82) is 0 Å². The number of nitrogens with one attached hydrogen (secondary N) is 1. The summed E-state index contributed by atoms with van der Waals surface area (Å²) < 4.78 is 0. The van der Waals surface area contributed by atoms with E-state index in [2.05, 4.69) is 5.32 Å². The van der Waals surface area contributed by atoms with Gasteiger partial charge in [0.1, 0.15) is 5.37 Å². The average molecular weight is 174 g/mol. The molecule has 6 heteroatoms. The lowest BCUT2D eigenvalue weighted by Gasteiger charge is -1.96. The molecule has 0 amide bonds. The zero-order valence-corrected chi connectivity index (χ0v) is 6.34. The van der Waals surface area contributed by atoms with Gasteiger partial charge < -0.3 is 10.1 Å². The molecule has 1 rings (SSSR count). The van der Waals surface area contributed by atoms with Crippen molar-refractivity contribution < 1.29 is 9.72 Å². The molecule has 1 fully saturated rings. The molecule has 1 saturated heterocycles. The Morgan fingerprint density at radius 1 is 1.82 bits per heavy atom. The number of hydrogen-bond acceptors (Lipinski definition) is 5. The number of thioether (sulfide) groups is 1. The summed E-state index contributed by atoms with van der Waals surface area (Å²) in [5, 5.41) is 12.3. The first kappa shape index (κ1) is 8.06. The Morgan fingerprint density at radius 2 is 2.55 bits per heavy atom. The molecule has 60 valence electrons. The molecular weight excluding hydrogens is 168 g/mol. The van der Waals surface area contributed by atoms with Crippen molar-refractivity contribution in [2.24, 2.45) is 0 Å². The quantitative estimate of drug-likeness (QED) is 0.361. The molecule has 0 aromatic heterocycles. The largest absolute Gasteiger partial charge is 0.365 e. The maximum Gasteiger partial charge on any atom is 0.254 e. The van der Waals surface area contributed by atoms with E-state index in [4.69, 9.17) is 0 Å². The average Bonchev–Trinajstić information content (AvgIpc) is 2.34. The summed E-state index contributed by atoms with van der Waals surface area (Å²) in [6.07, 6.45) is 1.61. The normalized spacial score (nSPS) is 26.5. The van der Waals surface area contributed by atoms with Crippen molar-refractivity contribution >= 4 is 18.0 Å². The van der Waals surface area contributed by atoms with Crippen LogP contribution in [0.25, 0.3) is 0 Å². The lowest BCUT2D eigenvalue weighted by Crippen LogP contribution is -2.19. The third kappa shape index (κ3) is 2.23. The molecule has 1 N–H and O–H groups in total. The SMILES string of the molecule is O=CC1NC(=C[N+](=O)[O-])CS1. The highest BCUT2D eigenvalue weighted by Gasteiger charge is 2.19. The highest BCUT2D eigenvalue weighted by molar-refractivity contribution is 8.00. The summed E-state index contributed by atoms with van der Waals surface area (Å²) in [6.45, 7) is 0. The number of hydrogen-bond donors (Lipinski definition) is 1. The van der Waals surface area contributed by atoms with Crippen LogP contribution in [0.15, 0.2) is 11.9 Å². The molecule has 11 heavy (non-hydrogen) atoms. The van der Waals surface area contributed by atoms with Crippen LogP contribution in [0.5, 0.6) is 0 Å². The first-order chi connectivity index (χ1) is 5.22. The number of carbonyl (C=O) groups is 1. The van der Waals surface area contributed by atoms with Crippen LogP contribution in [0.3, 0.4) is 0 Å². The molecule has 0 aliphatic carbocycles. The Bertz CT molecular complexity index is 216. The number of rotatable bonds is 2. The van der Waals surface area contributed by atoms with E-state index in [1.54, 1.807) is 0 Å². The van der Waals surface area contributed by atoms with E-state index in [0.717, 1.165) is 12.5 Å². The minimum Gasteiger partial charge on any atom is -0.365 e. The fraction of sp³-hybridized carbons (Fsp3) is 0.400. The van der Waals surface area contributed by atoms with Crippen molar-refractivity contribution in [1.82, 2.24) is 5.32 Å². The maximum atomic E-state index is 10.2. The molecule has 0 aromatic carbocycles. The van der Waals surface area contributed by atoms with Crippen molar-refractivity contribution in [2.75, 3.05) is 5.75 Å². The Hall–Kier alpha value is -1.04. The molecule has 0 saturated carbocycles. The van der Waals surface area contributed by atoms with E-state index in [1.807, 2.05) is 0 Å². The molecule has 1 aliphatic heterocycles. The van der Waals surface area contributed by atoms with E-state index in [0.29, 0.717) is 11.4 Å². The smallest absolute Gasteiger partial charge is 0.254 e. The minimum atomic E-state index is -0.532. The molecule has 1 unspecified atom stereocenters. The van der Waals surface area contributed by atoms with Gasteiger partial charge in [0.05, 0.1) is 10.6 Å². The highest BCUT2D eigenvalue weighted by atomic mass is 32.2. The first-order valence-electron chi connectivity index (χ1n) is 2.90. The Labute approximate surface area is 67.0 Å². The lowest BCUT2D eigenvalue weighted by molar-refractivity contribution is -0.403. The van der Waals surface area contributed by atoms with Gasteiger partial charge in [0.2, 0.25) is 0 Å². The van der Waals surface area contributed by atoms with E-state index < -0.39 is 4.92 Å². The van der Waals surface area contributed by atoms with Gasteiger partial charge in [0, 0.05) is 5.75 Å². The Morgan fingerprint density at radius 3 is 3.00 bits per heavy atom. The van der Waals surface area contributed by atoms with Gasteiger partial charge in [0.25, 0.3) is 6.20 Å². The molecule has 0 spiro atoms. The zero-order valence-electron chi connectivity index (χ0n) is 5.52. The molecule has 0 aromatic rings. The van der Waals surface area contributed by atoms with Crippen LogP contribution < -0.4 is 5.32 Å². The summed E-state index contributed by atoms with van der Waals surface area (Å²) in [7, 11) is 0. The number of nitro groups is 1. The third-order valence-electron chi connectivity index (χ3n) is 1.13. The van der Waals surface area contributed by atoms with Crippen LogP contribution in [0, 0.1) is 10.1 Å². The summed E-state index contributed by atoms with van der Waals surface area (Å²) in [6, 6.07) is 0. The van der Waals surface area contributed by atoms with Crippen LogP contribution >= 0.6 is 11.8 Å². The van der Waals surface area contributed by atoms with Gasteiger partial charge >= 0.3 is 0 Å². The van der Waals surface area contributed by atoms with Crippen LogP contribution in [0.1, 0.15) is 0 Å². The predicted octanol–water partition coefficient (Wildman–Crippen LogP) is -0.0341. The maximum absolute atomic E-state index is 10.2. The summed E-state index contributed by atoms with van der Waals surface area (Å²) >= 11 is 1.34. The monoisotopic (exact) mass is 174 g/mol. The number of aldehydes is 1. The highest BCUT2D eigenvalue weighted by Crippen LogP contribution is 2.18. The zero-order chi connectivity index (χ0) is 8.27. The van der Waals surface area contributed by atoms with Crippen LogP contribution in [-0.4, -0.2) is 22.3 Å². The second-order valence-electron chi connectivity index (χ2n) is 1.95. The van der Waals surface area contributed by atoms with Gasteiger partial charge in [-0.05, 0) is 0 Å². The first-order valence-corrected chi connectivity index (χ1v) is 3.95. The van der Waals surface area contributed by atoms with Gasteiger partial charge in [-0.25, -0.2) is 0 Å². The number of nitrogens with zero attached hydrogens (tertiary/aromatic N) is 1. The lowest BCUT2D eigenvalue weighted by atomic mass is 10.5. The fourth-order valence-corrected chi connectivity index (χ4v) is 1.55. The van der Waals surface area contributed by atoms with Gasteiger partial charge in [-0.15, -0.1) is 11.8 Å². The molecular formula is C5H6N2O3S. The van der Waals surface area contributed by atoms with Crippen LogP contribution in [-0.2, 0) is 4.79 Å². The standard InChI is InChI=1S/C5H6N2O3S/c8-2-5-6-4(3-11-5)1-7(9)10/h1-2,5-6H,3H2. The second kappa shape index (κ2) is 3.38. The van der Waals surface area contributed by atoms with Crippen molar-refractivity contribution in [3.05, 3.63) is 22.0 Å². The van der Waals surface area contributed by atoms with Gasteiger partial charge in [0.15, 0.2) is 6.29 Å². The Balaban J connectivity index is 2.53. The minimum absolute atomic E-state index is 0.318. The summed E-state index contributed by atoms with van der Waals surface area (Å²) in [5.41, 5.74) is 0.497. The topological polar surface area (TPSA) is 72.2 Å². The van der Waals surface area contributed by atoms with Crippen LogP contribution in [0.4, 0.5) is 0 Å². The van der Waals surface area contributed by atoms with Crippen molar-refractivity contribution in [3.63, 3.8) is 0 Å². The molecule has 1 aliphatic rings. The summed E-state index contributed by atoms with van der Waals surface area (Å²) in [5.74, 6) is 0.504. The van der Waals surface area contributed by atoms with Gasteiger partial charge in [-0.3, -0.25) is 10.1 Å². The Kier molecular flexibility index (Phi) is 2.48. The second-order valence-corrected chi connectivity index (χ2v) is 3.08. The molecule has 0 radical (unpaired) electrons. The van der Waals surface area contributed by atoms with E-state index in [-0.39, 0.29) is 5.37 Å². The van der Waals surface area contributed by atoms with Gasteiger partial charge in [-0.2, -0.15) is 0 Å². The molecule has 1 heterocycles.